The molecule has 3 heterocycles. The molecule has 1 atom stereocenters. The summed E-state index contributed by atoms with van der Waals surface area (Å²) in [6.07, 6.45) is 0.363. The van der Waals surface area contributed by atoms with Crippen molar-refractivity contribution in [1.29, 1.82) is 0 Å². The fraction of sp³-hybridized carbons (Fsp3) is 0.357. The van der Waals surface area contributed by atoms with Crippen molar-refractivity contribution >= 4 is 40.3 Å². The van der Waals surface area contributed by atoms with Crippen LogP contribution in [0.15, 0.2) is 18.2 Å². The van der Waals surface area contributed by atoms with Crippen molar-refractivity contribution < 1.29 is 24.0 Å². The third-order valence-electron chi connectivity index (χ3n) is 3.12. The Kier molecular flexibility index (Phi) is 5.74. The molecule has 4 rings (SSSR count). The Hall–Kier alpha value is -2.62. The Morgan fingerprint density at radius 3 is 2.75 bits per heavy atom. The van der Waals surface area contributed by atoms with Gasteiger partial charge in [-0.3, -0.25) is 25.0 Å². The van der Waals surface area contributed by atoms with Gasteiger partial charge in [0.15, 0.2) is 5.12 Å². The molecule has 2 bridgehead atoms. The van der Waals surface area contributed by atoms with Gasteiger partial charge < -0.3 is 10.1 Å². The van der Waals surface area contributed by atoms with E-state index in [2.05, 4.69) is 10.6 Å². The van der Waals surface area contributed by atoms with E-state index >= 15 is 0 Å². The number of nitrogens with one attached hydrogen (secondary N) is 2. The first-order valence-corrected chi connectivity index (χ1v) is 7.97. The predicted octanol–water partition coefficient (Wildman–Crippen LogP) is 2.16. The van der Waals surface area contributed by atoms with E-state index in [1.165, 1.54) is 23.9 Å². The van der Waals surface area contributed by atoms with Crippen molar-refractivity contribution in [2.24, 2.45) is 0 Å². The Balaban J connectivity index is 0.000000185. The van der Waals surface area contributed by atoms with Crippen molar-refractivity contribution in [3.63, 3.8) is 0 Å². The van der Waals surface area contributed by atoms with Crippen molar-refractivity contribution in [3.05, 3.63) is 33.9 Å². The van der Waals surface area contributed by atoms with Gasteiger partial charge in [0, 0.05) is 12.5 Å². The van der Waals surface area contributed by atoms with Gasteiger partial charge in [-0.2, -0.15) is 0 Å². The molecule has 0 saturated carbocycles. The maximum atomic E-state index is 10.9. The molecule has 0 spiro atoms. The van der Waals surface area contributed by atoms with Crippen LogP contribution in [0.2, 0.25) is 0 Å². The van der Waals surface area contributed by atoms with Gasteiger partial charge in [0.05, 0.1) is 16.7 Å². The van der Waals surface area contributed by atoms with E-state index in [9.17, 15) is 24.5 Å². The molecule has 0 aromatic heterocycles. The summed E-state index contributed by atoms with van der Waals surface area (Å²) in [6, 6.07) is 4.55. The molecule has 1 aromatic carbocycles. The zero-order valence-electron chi connectivity index (χ0n) is 12.7. The fourth-order valence-electron chi connectivity index (χ4n) is 1.86. The quantitative estimate of drug-likeness (QED) is 0.484. The minimum atomic E-state index is -0.672. The standard InChI is InChI=1S/C8H6N2O4.C6H9NO2S/c11-8-9-6-2-1-5(4-14-8)3-7(6)10(12)13;1-2-6(9)10-5-3-4(8)7-5/h1-3H,4H2,(H,9,11);5H,2-3H2,1H3,(H,7,8). The molecule has 1 aromatic rings. The van der Waals surface area contributed by atoms with Crippen LogP contribution in [0.1, 0.15) is 25.3 Å². The number of hydrogen-bond donors (Lipinski definition) is 2. The second kappa shape index (κ2) is 7.77. The number of nitro groups is 1. The van der Waals surface area contributed by atoms with Crippen LogP contribution in [0.4, 0.5) is 16.2 Å². The number of anilines is 1. The van der Waals surface area contributed by atoms with Crippen LogP contribution in [0.3, 0.4) is 0 Å². The third-order valence-corrected chi connectivity index (χ3v) is 4.24. The first-order chi connectivity index (χ1) is 11.4. The number of thioether (sulfide) groups is 1. The van der Waals surface area contributed by atoms with E-state index in [0.717, 1.165) is 0 Å². The maximum absolute atomic E-state index is 10.9. The Morgan fingerprint density at radius 1 is 1.46 bits per heavy atom. The molecule has 9 nitrogen and oxygen atoms in total. The van der Waals surface area contributed by atoms with Gasteiger partial charge in [-0.05, 0) is 11.6 Å². The summed E-state index contributed by atoms with van der Waals surface area (Å²) in [7, 11) is 0. The number of rotatable bonds is 3. The number of carbonyl (C=O) groups excluding carboxylic acids is 3. The summed E-state index contributed by atoms with van der Waals surface area (Å²) < 4.78 is 4.72. The zero-order valence-corrected chi connectivity index (χ0v) is 13.6. The van der Waals surface area contributed by atoms with Crippen molar-refractivity contribution in [2.45, 2.75) is 31.7 Å². The van der Waals surface area contributed by atoms with E-state index in [-0.39, 0.29) is 34.4 Å². The lowest BCUT2D eigenvalue weighted by atomic mass is 10.1. The summed E-state index contributed by atoms with van der Waals surface area (Å²) in [5, 5.41) is 15.7. The molecule has 3 aliphatic heterocycles. The lowest BCUT2D eigenvalue weighted by molar-refractivity contribution is -0.384. The minimum Gasteiger partial charge on any atom is -0.444 e. The molecule has 1 unspecified atom stereocenters. The summed E-state index contributed by atoms with van der Waals surface area (Å²) in [5.41, 5.74) is 0.651. The Labute approximate surface area is 141 Å². The Morgan fingerprint density at radius 2 is 2.17 bits per heavy atom. The van der Waals surface area contributed by atoms with Crippen molar-refractivity contribution in [1.82, 2.24) is 5.32 Å². The van der Waals surface area contributed by atoms with Gasteiger partial charge in [0.1, 0.15) is 12.3 Å². The number of hydrogen-bond acceptors (Lipinski definition) is 7. The predicted molar refractivity (Wildman–Crippen MR) is 86.3 cm³/mol. The highest BCUT2D eigenvalue weighted by atomic mass is 32.2. The fourth-order valence-corrected chi connectivity index (χ4v) is 2.77. The number of ether oxygens (including phenoxy) is 1. The van der Waals surface area contributed by atoms with Crippen LogP contribution in [0.5, 0.6) is 0 Å². The number of benzene rings is 1. The lowest BCUT2D eigenvalue weighted by Gasteiger charge is -2.24. The summed E-state index contributed by atoms with van der Waals surface area (Å²) in [4.78, 5) is 42.1. The highest BCUT2D eigenvalue weighted by molar-refractivity contribution is 8.14. The molecule has 2 amide bonds. The number of fused-ring (bicyclic) bond motifs is 5. The summed E-state index contributed by atoms with van der Waals surface area (Å²) in [5.74, 6) is 0.0430. The second-order valence-corrected chi connectivity index (χ2v) is 6.17. The monoisotopic (exact) mass is 353 g/mol. The molecule has 0 aliphatic carbocycles. The molecule has 1 saturated heterocycles. The SMILES string of the molecule is CCC(=O)SC1CC(=O)N1.O=C1Nc2ccc(cc2[N+](=O)[O-])CO1. The molecule has 0 radical (unpaired) electrons. The molecule has 2 N–H and O–H groups in total. The number of nitrogens with zero attached hydrogens (tertiary/aromatic N) is 1. The molecule has 128 valence electrons. The van der Waals surface area contributed by atoms with E-state index in [4.69, 9.17) is 4.74 Å². The molecular weight excluding hydrogens is 338 g/mol. The topological polar surface area (TPSA) is 128 Å². The lowest BCUT2D eigenvalue weighted by Crippen LogP contribution is -2.46. The van der Waals surface area contributed by atoms with Crippen LogP contribution in [0.25, 0.3) is 0 Å². The smallest absolute Gasteiger partial charge is 0.412 e. The maximum Gasteiger partial charge on any atom is 0.412 e. The van der Waals surface area contributed by atoms with Crippen LogP contribution in [-0.4, -0.2) is 27.4 Å². The zero-order chi connectivity index (χ0) is 17.7. The number of amides is 2. The minimum absolute atomic E-state index is 0.0430. The third kappa shape index (κ3) is 4.69. The van der Waals surface area contributed by atoms with Crippen LogP contribution in [0, 0.1) is 10.1 Å². The number of β-lactam (4-membered cyclic amide) rings is 1. The normalized spacial score (nSPS) is 17.8. The van der Waals surface area contributed by atoms with Crippen molar-refractivity contribution in [3.8, 4) is 0 Å². The second-order valence-electron chi connectivity index (χ2n) is 4.91. The van der Waals surface area contributed by atoms with Gasteiger partial charge in [-0.1, -0.05) is 24.8 Å². The van der Waals surface area contributed by atoms with Gasteiger partial charge in [-0.15, -0.1) is 0 Å². The van der Waals surface area contributed by atoms with Crippen LogP contribution >= 0.6 is 11.8 Å². The molecule has 10 heteroatoms. The largest absolute Gasteiger partial charge is 0.444 e. The Bertz CT molecular complexity index is 685. The van der Waals surface area contributed by atoms with E-state index < -0.39 is 11.0 Å². The van der Waals surface area contributed by atoms with Crippen LogP contribution < -0.4 is 10.6 Å². The first kappa shape index (κ1) is 17.7. The highest BCUT2D eigenvalue weighted by Gasteiger charge is 2.27. The van der Waals surface area contributed by atoms with E-state index in [1.54, 1.807) is 6.07 Å². The number of nitro benzene ring substituents is 1. The van der Waals surface area contributed by atoms with Crippen molar-refractivity contribution in [2.75, 3.05) is 5.32 Å². The summed E-state index contributed by atoms with van der Waals surface area (Å²) >= 11 is 1.22. The van der Waals surface area contributed by atoms with Gasteiger partial charge in [0.25, 0.3) is 5.69 Å². The average Bonchev–Trinajstić information content (AvgIpc) is 2.50. The van der Waals surface area contributed by atoms with E-state index in [0.29, 0.717) is 18.4 Å². The molecule has 3 aliphatic rings. The number of carbonyl (C=O) groups is 3. The average molecular weight is 353 g/mol. The summed E-state index contributed by atoms with van der Waals surface area (Å²) in [6.45, 7) is 1.86. The highest BCUT2D eigenvalue weighted by Crippen LogP contribution is 2.27. The van der Waals surface area contributed by atoms with Crippen LogP contribution in [-0.2, 0) is 20.9 Å². The molecule has 1 fully saturated rings. The van der Waals surface area contributed by atoms with Gasteiger partial charge >= 0.3 is 6.09 Å². The molecule has 24 heavy (non-hydrogen) atoms. The van der Waals surface area contributed by atoms with Gasteiger partial charge in [0.2, 0.25) is 5.91 Å². The van der Waals surface area contributed by atoms with Gasteiger partial charge in [-0.25, -0.2) is 4.79 Å². The molecular formula is C14H15N3O6S. The van der Waals surface area contributed by atoms with E-state index in [1.807, 2.05) is 6.92 Å². The first-order valence-electron chi connectivity index (χ1n) is 7.09.